The molecule has 15 heavy (non-hydrogen) atoms. The van der Waals surface area contributed by atoms with Crippen LogP contribution in [0.3, 0.4) is 0 Å². The topological polar surface area (TPSA) is 9.23 Å². The van der Waals surface area contributed by atoms with Crippen molar-refractivity contribution in [2.75, 3.05) is 6.61 Å². The molecule has 1 nitrogen and oxygen atoms in total. The van der Waals surface area contributed by atoms with Gasteiger partial charge in [-0.05, 0) is 30.9 Å². The van der Waals surface area contributed by atoms with E-state index in [1.165, 1.54) is 5.56 Å². The maximum Gasteiger partial charge on any atom is 0.0716 e. The Morgan fingerprint density at radius 1 is 1.20 bits per heavy atom. The van der Waals surface area contributed by atoms with Crippen LogP contribution in [0.15, 0.2) is 48.7 Å². The predicted octanol–water partition coefficient (Wildman–Crippen LogP) is 3.71. The highest BCUT2D eigenvalue weighted by atomic mass is 16.5. The van der Waals surface area contributed by atoms with Crippen molar-refractivity contribution in [2.24, 2.45) is 0 Å². The molecule has 0 bridgehead atoms. The number of allylic oxidation sites excluding steroid dienone is 1. The van der Waals surface area contributed by atoms with E-state index in [9.17, 15) is 0 Å². The predicted molar refractivity (Wildman–Crippen MR) is 63.7 cm³/mol. The van der Waals surface area contributed by atoms with Gasteiger partial charge < -0.3 is 4.74 Å². The van der Waals surface area contributed by atoms with Gasteiger partial charge in [-0.2, -0.15) is 0 Å². The number of benzene rings is 1. The van der Waals surface area contributed by atoms with Crippen LogP contribution in [-0.4, -0.2) is 6.61 Å². The number of hydrogen-bond donors (Lipinski definition) is 0. The van der Waals surface area contributed by atoms with Gasteiger partial charge in [0.15, 0.2) is 0 Å². The molecular weight excluding hydrogens is 184 g/mol. The van der Waals surface area contributed by atoms with Crippen molar-refractivity contribution < 1.29 is 4.74 Å². The van der Waals surface area contributed by atoms with Crippen molar-refractivity contribution in [1.82, 2.24) is 0 Å². The molecule has 1 aromatic carbocycles. The largest absolute Gasteiger partial charge is 0.377 e. The minimum atomic E-state index is 0.720. The third-order valence-electron chi connectivity index (χ3n) is 2.14. The molecule has 0 saturated carbocycles. The van der Waals surface area contributed by atoms with Crippen LogP contribution in [0.5, 0.6) is 0 Å². The Morgan fingerprint density at radius 3 is 2.73 bits per heavy atom. The van der Waals surface area contributed by atoms with Crippen LogP contribution in [0.1, 0.15) is 24.8 Å². The molecule has 0 aliphatic rings. The Balaban J connectivity index is 2.00. The van der Waals surface area contributed by atoms with E-state index in [0.717, 1.165) is 32.5 Å². The number of unbranched alkanes of at least 4 members (excludes halogenated alkanes) is 2. The second kappa shape index (κ2) is 8.05. The van der Waals surface area contributed by atoms with Gasteiger partial charge >= 0.3 is 0 Å². The Morgan fingerprint density at radius 2 is 2.00 bits per heavy atom. The van der Waals surface area contributed by atoms with E-state index in [4.69, 9.17) is 4.74 Å². The van der Waals surface area contributed by atoms with E-state index in [-0.39, 0.29) is 0 Å². The summed E-state index contributed by atoms with van der Waals surface area (Å²) in [6.07, 6.45) is 5.28. The average molecular weight is 202 g/mol. The summed E-state index contributed by atoms with van der Waals surface area (Å²) in [4.78, 5) is 0. The lowest BCUT2D eigenvalue weighted by atomic mass is 10.2. The lowest BCUT2D eigenvalue weighted by Gasteiger charge is -2.03. The molecule has 0 radical (unpaired) electrons. The molecule has 0 atom stereocenters. The van der Waals surface area contributed by atoms with Gasteiger partial charge in [-0.1, -0.05) is 36.9 Å². The molecule has 0 saturated heterocycles. The van der Waals surface area contributed by atoms with Crippen LogP contribution in [-0.2, 0) is 11.3 Å². The smallest absolute Gasteiger partial charge is 0.0716 e. The zero-order valence-electron chi connectivity index (χ0n) is 9.11. The molecule has 0 aliphatic carbocycles. The summed E-state index contributed by atoms with van der Waals surface area (Å²) in [5.41, 5.74) is 4.01. The zero-order chi connectivity index (χ0) is 10.8. The quantitative estimate of drug-likeness (QED) is 0.483. The fourth-order valence-corrected chi connectivity index (χ4v) is 1.32. The molecule has 0 aliphatic heterocycles. The molecule has 0 heterocycles. The van der Waals surface area contributed by atoms with E-state index >= 15 is 0 Å². The second-order valence-electron chi connectivity index (χ2n) is 3.44. The molecule has 1 rings (SSSR count). The summed E-state index contributed by atoms with van der Waals surface area (Å²) < 4.78 is 5.55. The highest BCUT2D eigenvalue weighted by Gasteiger charge is 1.91. The van der Waals surface area contributed by atoms with E-state index in [0.29, 0.717) is 0 Å². The van der Waals surface area contributed by atoms with Crippen LogP contribution in [0, 0.1) is 0 Å². The third-order valence-corrected chi connectivity index (χ3v) is 2.14. The molecule has 0 aromatic heterocycles. The summed E-state index contributed by atoms with van der Waals surface area (Å²) >= 11 is 0. The van der Waals surface area contributed by atoms with Crippen LogP contribution in [0.25, 0.3) is 0 Å². The SMILES string of the molecule is C=C=CCCCCOCc1ccccc1. The summed E-state index contributed by atoms with van der Waals surface area (Å²) in [5.74, 6) is 0. The van der Waals surface area contributed by atoms with Crippen molar-refractivity contribution >= 4 is 0 Å². The van der Waals surface area contributed by atoms with Crippen molar-refractivity contribution in [3.8, 4) is 0 Å². The molecule has 0 spiro atoms. The third kappa shape index (κ3) is 5.90. The highest BCUT2D eigenvalue weighted by molar-refractivity contribution is 5.13. The van der Waals surface area contributed by atoms with E-state index in [1.807, 2.05) is 24.3 Å². The van der Waals surface area contributed by atoms with Gasteiger partial charge in [0.05, 0.1) is 6.61 Å². The molecule has 1 heteroatoms. The van der Waals surface area contributed by atoms with Crippen molar-refractivity contribution in [1.29, 1.82) is 0 Å². The minimum Gasteiger partial charge on any atom is -0.377 e. The minimum absolute atomic E-state index is 0.720. The van der Waals surface area contributed by atoms with E-state index in [2.05, 4.69) is 24.4 Å². The molecule has 1 aromatic rings. The van der Waals surface area contributed by atoms with Gasteiger partial charge in [-0.3, -0.25) is 0 Å². The van der Waals surface area contributed by atoms with Crippen LogP contribution in [0.4, 0.5) is 0 Å². The van der Waals surface area contributed by atoms with Crippen LogP contribution < -0.4 is 0 Å². The first-order valence-corrected chi connectivity index (χ1v) is 5.39. The lowest BCUT2D eigenvalue weighted by Crippen LogP contribution is -1.94. The first-order valence-electron chi connectivity index (χ1n) is 5.39. The van der Waals surface area contributed by atoms with Gasteiger partial charge in [0.2, 0.25) is 0 Å². The lowest BCUT2D eigenvalue weighted by molar-refractivity contribution is 0.117. The fraction of sp³-hybridized carbons (Fsp3) is 0.357. The van der Waals surface area contributed by atoms with Gasteiger partial charge in [0.1, 0.15) is 0 Å². The van der Waals surface area contributed by atoms with E-state index < -0.39 is 0 Å². The Kier molecular flexibility index (Phi) is 6.31. The van der Waals surface area contributed by atoms with Gasteiger partial charge in [-0.15, -0.1) is 5.73 Å². The molecule has 80 valence electrons. The summed E-state index contributed by atoms with van der Waals surface area (Å²) in [5, 5.41) is 0. The summed E-state index contributed by atoms with van der Waals surface area (Å²) in [6, 6.07) is 10.3. The van der Waals surface area contributed by atoms with Crippen LogP contribution >= 0.6 is 0 Å². The highest BCUT2D eigenvalue weighted by Crippen LogP contribution is 2.02. The Hall–Kier alpha value is -1.30. The molecule has 0 fully saturated rings. The number of ether oxygens (including phenoxy) is 1. The Bertz CT molecular complexity index is 296. The molecule has 0 unspecified atom stereocenters. The monoisotopic (exact) mass is 202 g/mol. The molecule has 0 N–H and O–H groups in total. The van der Waals surface area contributed by atoms with Gasteiger partial charge in [0.25, 0.3) is 0 Å². The van der Waals surface area contributed by atoms with Gasteiger partial charge in [0, 0.05) is 6.61 Å². The fourth-order valence-electron chi connectivity index (χ4n) is 1.32. The zero-order valence-corrected chi connectivity index (χ0v) is 9.11. The standard InChI is InChI=1S/C14H18O/c1-2-3-4-5-9-12-15-13-14-10-7-6-8-11-14/h3,6-8,10-11H,1,4-5,9,12-13H2. The molecule has 0 amide bonds. The van der Waals surface area contributed by atoms with Crippen molar-refractivity contribution in [2.45, 2.75) is 25.9 Å². The summed E-state index contributed by atoms with van der Waals surface area (Å²) in [6.45, 7) is 5.08. The second-order valence-corrected chi connectivity index (χ2v) is 3.44. The maximum absolute atomic E-state index is 5.55. The van der Waals surface area contributed by atoms with Crippen molar-refractivity contribution in [3.05, 3.63) is 54.3 Å². The normalized spacial score (nSPS) is 9.60. The molecular formula is C14H18O. The van der Waals surface area contributed by atoms with Gasteiger partial charge in [-0.25, -0.2) is 0 Å². The Labute approximate surface area is 92.1 Å². The summed E-state index contributed by atoms with van der Waals surface area (Å²) in [7, 11) is 0. The number of hydrogen-bond acceptors (Lipinski definition) is 1. The first kappa shape index (κ1) is 11.8. The average Bonchev–Trinajstić information content (AvgIpc) is 2.29. The van der Waals surface area contributed by atoms with Crippen LogP contribution in [0.2, 0.25) is 0 Å². The first-order chi connectivity index (χ1) is 7.43. The van der Waals surface area contributed by atoms with Crippen molar-refractivity contribution in [3.63, 3.8) is 0 Å². The number of rotatable bonds is 7. The van der Waals surface area contributed by atoms with E-state index in [1.54, 1.807) is 0 Å². The maximum atomic E-state index is 5.55.